The number of benzene rings is 1. The van der Waals surface area contributed by atoms with Gasteiger partial charge in [-0.25, -0.2) is 0 Å². The lowest BCUT2D eigenvalue weighted by molar-refractivity contribution is -0.131. The molecule has 4 rings (SSSR count). The maximum Gasteiger partial charge on any atom is 0.222 e. The number of rotatable bonds is 7. The van der Waals surface area contributed by atoms with Gasteiger partial charge in [-0.2, -0.15) is 0 Å². The summed E-state index contributed by atoms with van der Waals surface area (Å²) < 4.78 is 0. The molecule has 0 atom stereocenters. The van der Waals surface area contributed by atoms with Gasteiger partial charge in [0.2, 0.25) is 5.91 Å². The number of amides is 1. The van der Waals surface area contributed by atoms with Gasteiger partial charge in [-0.3, -0.25) is 4.79 Å². The Morgan fingerprint density at radius 3 is 2.53 bits per heavy atom. The molecule has 7 heteroatoms. The molecule has 1 aromatic heterocycles. The molecular formula is C25H35N5O2. The van der Waals surface area contributed by atoms with Crippen LogP contribution in [0.15, 0.2) is 30.3 Å². The molecule has 0 bridgehead atoms. The Morgan fingerprint density at radius 2 is 1.78 bits per heavy atom. The Kier molecular flexibility index (Phi) is 7.45. The Bertz CT molecular complexity index is 905. The van der Waals surface area contributed by atoms with Crippen molar-refractivity contribution in [2.75, 3.05) is 36.8 Å². The van der Waals surface area contributed by atoms with Crippen LogP contribution >= 0.6 is 0 Å². The summed E-state index contributed by atoms with van der Waals surface area (Å²) in [6.45, 7) is 2.80. The standard InChI is InChI=1S/C25H35N5O2/c26-25-22(18-21(27-28-25)20-11-5-6-12-23(20)31)29-14-16-30(17-15-29)24(32)13-7-4-10-19-8-2-1-3-9-19/h5-6,11-12,18-19,31H,1-4,7-10,13-17H2,(H2,26,28). The van der Waals surface area contributed by atoms with Crippen LogP contribution in [0.25, 0.3) is 11.3 Å². The van der Waals surface area contributed by atoms with Crippen molar-refractivity contribution in [1.29, 1.82) is 0 Å². The number of nitrogen functional groups attached to an aromatic ring is 1. The lowest BCUT2D eigenvalue weighted by atomic mass is 9.85. The van der Waals surface area contributed by atoms with E-state index < -0.39 is 0 Å². The van der Waals surface area contributed by atoms with E-state index in [2.05, 4.69) is 15.1 Å². The van der Waals surface area contributed by atoms with Crippen LogP contribution in [0.1, 0.15) is 57.8 Å². The van der Waals surface area contributed by atoms with Crippen molar-refractivity contribution in [3.8, 4) is 17.0 Å². The summed E-state index contributed by atoms with van der Waals surface area (Å²) in [7, 11) is 0. The summed E-state index contributed by atoms with van der Waals surface area (Å²) >= 11 is 0. The van der Waals surface area contributed by atoms with Gasteiger partial charge in [0.05, 0.1) is 11.4 Å². The van der Waals surface area contributed by atoms with Crippen molar-refractivity contribution in [2.45, 2.75) is 57.8 Å². The molecule has 2 heterocycles. The molecule has 3 N–H and O–H groups in total. The first-order chi connectivity index (χ1) is 15.6. The number of hydrogen-bond acceptors (Lipinski definition) is 6. The van der Waals surface area contributed by atoms with Crippen molar-refractivity contribution >= 4 is 17.4 Å². The molecule has 1 amide bonds. The fourth-order valence-corrected chi connectivity index (χ4v) is 5.01. The fourth-order valence-electron chi connectivity index (χ4n) is 5.01. The van der Waals surface area contributed by atoms with E-state index >= 15 is 0 Å². The summed E-state index contributed by atoms with van der Waals surface area (Å²) in [5.74, 6) is 1.69. The molecule has 7 nitrogen and oxygen atoms in total. The van der Waals surface area contributed by atoms with Crippen LogP contribution in [-0.4, -0.2) is 52.3 Å². The number of carbonyl (C=O) groups is 1. The van der Waals surface area contributed by atoms with Crippen LogP contribution in [0, 0.1) is 5.92 Å². The minimum absolute atomic E-state index is 0.163. The number of aromatic nitrogens is 2. The number of para-hydroxylation sites is 1. The molecule has 1 saturated heterocycles. The Balaban J connectivity index is 1.27. The normalized spacial score (nSPS) is 17.5. The van der Waals surface area contributed by atoms with E-state index in [1.54, 1.807) is 12.1 Å². The van der Waals surface area contributed by atoms with Gasteiger partial charge in [-0.1, -0.05) is 57.1 Å². The van der Waals surface area contributed by atoms with Gasteiger partial charge in [0, 0.05) is 38.2 Å². The minimum Gasteiger partial charge on any atom is -0.507 e. The quantitative estimate of drug-likeness (QED) is 0.630. The molecule has 1 aliphatic carbocycles. The number of nitrogens with zero attached hydrogens (tertiary/aromatic N) is 4. The topological polar surface area (TPSA) is 95.6 Å². The molecule has 2 aliphatic rings. The summed E-state index contributed by atoms with van der Waals surface area (Å²) in [6, 6.07) is 8.94. The van der Waals surface area contributed by atoms with Crippen LogP contribution in [-0.2, 0) is 4.79 Å². The first-order valence-electron chi connectivity index (χ1n) is 12.1. The fraction of sp³-hybridized carbons (Fsp3) is 0.560. The lowest BCUT2D eigenvalue weighted by Crippen LogP contribution is -2.49. The number of nitrogens with two attached hydrogens (primary N) is 1. The highest BCUT2D eigenvalue weighted by molar-refractivity contribution is 5.77. The highest BCUT2D eigenvalue weighted by atomic mass is 16.3. The molecule has 1 aromatic carbocycles. The molecule has 0 spiro atoms. The first kappa shape index (κ1) is 22.4. The first-order valence-corrected chi connectivity index (χ1v) is 12.1. The van der Waals surface area contributed by atoms with Crippen molar-refractivity contribution in [2.24, 2.45) is 5.92 Å². The van der Waals surface area contributed by atoms with Gasteiger partial charge >= 0.3 is 0 Å². The van der Waals surface area contributed by atoms with Gasteiger partial charge in [0.15, 0.2) is 5.82 Å². The third-order valence-electron chi connectivity index (χ3n) is 6.93. The highest BCUT2D eigenvalue weighted by Crippen LogP contribution is 2.32. The van der Waals surface area contributed by atoms with E-state index in [-0.39, 0.29) is 11.7 Å². The zero-order valence-electron chi connectivity index (χ0n) is 18.9. The largest absolute Gasteiger partial charge is 0.507 e. The molecule has 1 aliphatic heterocycles. The second kappa shape index (κ2) is 10.7. The van der Waals surface area contributed by atoms with Gasteiger partial charge in [0.25, 0.3) is 0 Å². The van der Waals surface area contributed by atoms with Gasteiger partial charge in [-0.15, -0.1) is 10.2 Å². The van der Waals surface area contributed by atoms with Crippen molar-refractivity contribution in [1.82, 2.24) is 15.1 Å². The zero-order valence-corrected chi connectivity index (χ0v) is 18.9. The maximum atomic E-state index is 12.7. The molecule has 2 fully saturated rings. The second-order valence-corrected chi connectivity index (χ2v) is 9.13. The van der Waals surface area contributed by atoms with Crippen LogP contribution < -0.4 is 10.6 Å². The molecule has 0 unspecified atom stereocenters. The van der Waals surface area contributed by atoms with E-state index in [9.17, 15) is 9.90 Å². The number of hydrogen-bond donors (Lipinski definition) is 2. The molecular weight excluding hydrogens is 402 g/mol. The van der Waals surface area contributed by atoms with Gasteiger partial charge < -0.3 is 20.6 Å². The van der Waals surface area contributed by atoms with E-state index in [1.165, 1.54) is 44.9 Å². The molecule has 172 valence electrons. The van der Waals surface area contributed by atoms with Crippen molar-refractivity contribution < 1.29 is 9.90 Å². The van der Waals surface area contributed by atoms with Crippen molar-refractivity contribution in [3.05, 3.63) is 30.3 Å². The Morgan fingerprint density at radius 1 is 1.03 bits per heavy atom. The van der Waals surface area contributed by atoms with Crippen LogP contribution in [0.4, 0.5) is 11.5 Å². The molecule has 1 saturated carbocycles. The zero-order chi connectivity index (χ0) is 22.3. The van der Waals surface area contributed by atoms with E-state index in [0.717, 1.165) is 18.0 Å². The van der Waals surface area contributed by atoms with Crippen LogP contribution in [0.5, 0.6) is 5.75 Å². The number of phenolic OH excluding ortho intramolecular Hbond substituents is 1. The Labute approximate surface area is 190 Å². The minimum atomic E-state index is 0.163. The van der Waals surface area contributed by atoms with E-state index in [4.69, 9.17) is 5.73 Å². The average molecular weight is 438 g/mol. The number of anilines is 2. The maximum absolute atomic E-state index is 12.7. The average Bonchev–Trinajstić information content (AvgIpc) is 2.83. The van der Waals surface area contributed by atoms with Gasteiger partial charge in [0.1, 0.15) is 5.75 Å². The number of unbranched alkanes of at least 4 members (excludes halogenated alkanes) is 1. The van der Waals surface area contributed by atoms with E-state index in [0.29, 0.717) is 49.7 Å². The summed E-state index contributed by atoms with van der Waals surface area (Å²) in [6.07, 6.45) is 11.1. The second-order valence-electron chi connectivity index (χ2n) is 9.13. The third-order valence-corrected chi connectivity index (χ3v) is 6.93. The monoisotopic (exact) mass is 437 g/mol. The van der Waals surface area contributed by atoms with Crippen LogP contribution in [0.2, 0.25) is 0 Å². The SMILES string of the molecule is Nc1nnc(-c2ccccc2O)cc1N1CCN(C(=O)CCCCC2CCCCC2)CC1. The third kappa shape index (κ3) is 5.50. The molecule has 32 heavy (non-hydrogen) atoms. The van der Waals surface area contributed by atoms with Crippen LogP contribution in [0.3, 0.4) is 0 Å². The van der Waals surface area contributed by atoms with Gasteiger partial charge in [-0.05, 0) is 30.5 Å². The van der Waals surface area contributed by atoms with E-state index in [1.807, 2.05) is 23.1 Å². The lowest BCUT2D eigenvalue weighted by Gasteiger charge is -2.36. The summed E-state index contributed by atoms with van der Waals surface area (Å²) in [5.41, 5.74) is 8.13. The Hall–Kier alpha value is -2.83. The van der Waals surface area contributed by atoms with Crippen molar-refractivity contribution in [3.63, 3.8) is 0 Å². The number of aromatic hydroxyl groups is 1. The predicted molar refractivity (Wildman–Crippen MR) is 127 cm³/mol. The highest BCUT2D eigenvalue weighted by Gasteiger charge is 2.23. The molecule has 2 aromatic rings. The number of carbonyl (C=O) groups excluding carboxylic acids is 1. The number of piperazine rings is 1. The smallest absolute Gasteiger partial charge is 0.222 e. The number of phenols is 1. The predicted octanol–water partition coefficient (Wildman–Crippen LogP) is 4.22. The summed E-state index contributed by atoms with van der Waals surface area (Å²) in [5, 5.41) is 18.4. The summed E-state index contributed by atoms with van der Waals surface area (Å²) in [4.78, 5) is 16.8. The molecule has 0 radical (unpaired) electrons.